The highest BCUT2D eigenvalue weighted by Crippen LogP contribution is 2.39. The number of halogens is 5. The molecule has 0 bridgehead atoms. The number of aliphatic hydroxyl groups is 1. The first-order chi connectivity index (χ1) is 15.5. The summed E-state index contributed by atoms with van der Waals surface area (Å²) >= 11 is 0. The van der Waals surface area contributed by atoms with E-state index in [0.29, 0.717) is 23.6 Å². The third kappa shape index (κ3) is 4.08. The number of alkyl halides is 3. The molecule has 0 spiro atoms. The smallest absolute Gasteiger partial charge is 0.381 e. The highest BCUT2D eigenvalue weighted by atomic mass is 19.4. The van der Waals surface area contributed by atoms with Crippen LogP contribution in [-0.2, 0) is 24.7 Å². The predicted octanol–water partition coefficient (Wildman–Crippen LogP) is 4.64. The highest BCUT2D eigenvalue weighted by molar-refractivity contribution is 5.83. The number of aryl methyl sites for hydroxylation is 1. The van der Waals surface area contributed by atoms with E-state index in [-0.39, 0.29) is 17.6 Å². The lowest BCUT2D eigenvalue weighted by Crippen LogP contribution is -2.41. The number of hydrogen-bond donors (Lipinski definition) is 1. The Labute approximate surface area is 185 Å². The van der Waals surface area contributed by atoms with Crippen molar-refractivity contribution in [2.75, 3.05) is 0 Å². The summed E-state index contributed by atoms with van der Waals surface area (Å²) < 4.78 is 71.1. The maximum absolute atomic E-state index is 14.8. The molecule has 4 rings (SSSR count). The van der Waals surface area contributed by atoms with Gasteiger partial charge in [-0.25, -0.2) is 18.4 Å². The van der Waals surface area contributed by atoms with Gasteiger partial charge in [0.05, 0.1) is 29.4 Å². The number of fused-ring (bicyclic) bond motifs is 1. The van der Waals surface area contributed by atoms with E-state index in [9.17, 15) is 27.1 Å². The molecule has 2 heterocycles. The molecule has 2 aromatic heterocycles. The first-order valence-corrected chi connectivity index (χ1v) is 10.1. The Kier molecular flexibility index (Phi) is 5.69. The summed E-state index contributed by atoms with van der Waals surface area (Å²) in [5, 5.41) is 20.7. The Balaban J connectivity index is 1.93. The summed E-state index contributed by atoms with van der Waals surface area (Å²) in [4.78, 5) is 3.81. The molecule has 174 valence electrons. The summed E-state index contributed by atoms with van der Waals surface area (Å²) in [6.45, 7) is 3.00. The van der Waals surface area contributed by atoms with Crippen molar-refractivity contribution < 1.29 is 27.1 Å². The van der Waals surface area contributed by atoms with Crippen LogP contribution in [0, 0.1) is 11.6 Å². The van der Waals surface area contributed by atoms with E-state index in [4.69, 9.17) is 0 Å². The second-order valence-corrected chi connectivity index (χ2v) is 7.79. The zero-order valence-corrected chi connectivity index (χ0v) is 17.7. The van der Waals surface area contributed by atoms with Crippen molar-refractivity contribution in [2.24, 2.45) is 0 Å². The van der Waals surface area contributed by atoms with Crippen molar-refractivity contribution in [1.82, 2.24) is 24.5 Å². The molecule has 0 radical (unpaired) electrons. The van der Waals surface area contributed by atoms with Crippen LogP contribution in [0.3, 0.4) is 0 Å². The van der Waals surface area contributed by atoms with Gasteiger partial charge in [0.25, 0.3) is 0 Å². The maximum atomic E-state index is 14.8. The molecule has 0 aliphatic carbocycles. The molecule has 4 aromatic rings. The van der Waals surface area contributed by atoms with E-state index in [1.54, 1.807) is 6.92 Å². The van der Waals surface area contributed by atoms with Gasteiger partial charge in [-0.15, -0.1) is 0 Å². The quantitative estimate of drug-likeness (QED) is 0.422. The summed E-state index contributed by atoms with van der Waals surface area (Å²) in [5.41, 5.74) is -2.54. The van der Waals surface area contributed by atoms with E-state index >= 15 is 0 Å². The average Bonchev–Trinajstić information content (AvgIpc) is 3.39. The summed E-state index contributed by atoms with van der Waals surface area (Å²) in [6, 6.07) is 4.92. The first kappa shape index (κ1) is 22.8. The van der Waals surface area contributed by atoms with E-state index < -0.39 is 35.0 Å². The molecule has 0 saturated carbocycles. The van der Waals surface area contributed by atoms with Gasteiger partial charge >= 0.3 is 6.18 Å². The third-order valence-electron chi connectivity index (χ3n) is 5.77. The molecule has 33 heavy (non-hydrogen) atoms. The van der Waals surface area contributed by atoms with Gasteiger partial charge in [0.2, 0.25) is 0 Å². The van der Waals surface area contributed by atoms with Crippen molar-refractivity contribution in [3.05, 3.63) is 77.5 Å². The van der Waals surface area contributed by atoms with Gasteiger partial charge in [-0.2, -0.15) is 23.4 Å². The Morgan fingerprint density at radius 3 is 2.45 bits per heavy atom. The summed E-state index contributed by atoms with van der Waals surface area (Å²) in [5.74, 6) is -1.84. The van der Waals surface area contributed by atoms with Gasteiger partial charge in [-0.05, 0) is 31.5 Å². The zero-order chi connectivity index (χ0) is 24.0. The summed E-state index contributed by atoms with van der Waals surface area (Å²) in [6.07, 6.45) is -1.63. The van der Waals surface area contributed by atoms with E-state index in [0.717, 1.165) is 24.3 Å². The molecule has 0 saturated heterocycles. The molecule has 0 fully saturated rings. The van der Waals surface area contributed by atoms with Crippen LogP contribution in [0.15, 0.2) is 49.1 Å². The highest BCUT2D eigenvalue weighted by Gasteiger charge is 2.42. The van der Waals surface area contributed by atoms with Crippen LogP contribution in [0.5, 0.6) is 0 Å². The number of nitrogens with zero attached hydrogens (tertiary/aromatic N) is 5. The molecular weight excluding hydrogens is 445 g/mol. The van der Waals surface area contributed by atoms with Gasteiger partial charge in [0, 0.05) is 17.0 Å². The van der Waals surface area contributed by atoms with Gasteiger partial charge in [-0.1, -0.05) is 19.1 Å². The molecule has 0 unspecified atom stereocenters. The van der Waals surface area contributed by atoms with Crippen LogP contribution >= 0.6 is 0 Å². The normalized spacial score (nSPS) is 15.0. The van der Waals surface area contributed by atoms with Gasteiger partial charge in [0.1, 0.15) is 29.9 Å². The van der Waals surface area contributed by atoms with Crippen LogP contribution in [-0.4, -0.2) is 29.7 Å². The number of hydrogen-bond acceptors (Lipinski definition) is 4. The fraction of sp³-hybridized carbons (Fsp3) is 0.318. The van der Waals surface area contributed by atoms with Crippen LogP contribution in [0.4, 0.5) is 22.0 Å². The Bertz CT molecular complexity index is 1280. The largest absolute Gasteiger partial charge is 0.416 e. The SMILES string of the molecule is CCc1nn([C@H](C)[C@](O)(Cn2cncn2)c2ccc(F)cc2F)c2cc(C(F)(F)F)ccc12. The lowest BCUT2D eigenvalue weighted by atomic mass is 9.86. The van der Waals surface area contributed by atoms with Crippen LogP contribution in [0.1, 0.15) is 36.7 Å². The van der Waals surface area contributed by atoms with Crippen molar-refractivity contribution in [3.63, 3.8) is 0 Å². The zero-order valence-electron chi connectivity index (χ0n) is 17.7. The Morgan fingerprint density at radius 2 is 1.85 bits per heavy atom. The van der Waals surface area contributed by atoms with Crippen LogP contribution in [0.25, 0.3) is 10.9 Å². The van der Waals surface area contributed by atoms with Crippen molar-refractivity contribution in [1.29, 1.82) is 0 Å². The Morgan fingerprint density at radius 1 is 1.09 bits per heavy atom. The van der Waals surface area contributed by atoms with Gasteiger partial charge in [-0.3, -0.25) is 4.68 Å². The standard InChI is InChI=1S/C22H20F5N5O/c1-3-19-16-6-4-14(22(25,26)27)8-20(16)32(30-19)13(2)21(33,10-31-12-28-11-29-31)17-7-5-15(23)9-18(17)24/h4-9,11-13,33H,3,10H2,1-2H3/t13-,21-/m1/s1. The first-order valence-electron chi connectivity index (χ1n) is 10.1. The van der Waals surface area contributed by atoms with Gasteiger partial charge in [0.15, 0.2) is 0 Å². The molecule has 2 aromatic carbocycles. The fourth-order valence-corrected chi connectivity index (χ4v) is 3.98. The fourth-order valence-electron chi connectivity index (χ4n) is 3.98. The molecular formula is C22H20F5N5O. The van der Waals surface area contributed by atoms with Crippen molar-refractivity contribution in [2.45, 2.75) is 44.6 Å². The predicted molar refractivity (Wildman–Crippen MR) is 109 cm³/mol. The van der Waals surface area contributed by atoms with Crippen LogP contribution < -0.4 is 0 Å². The van der Waals surface area contributed by atoms with E-state index in [2.05, 4.69) is 15.2 Å². The minimum absolute atomic E-state index is 0.133. The summed E-state index contributed by atoms with van der Waals surface area (Å²) in [7, 11) is 0. The minimum Gasteiger partial charge on any atom is -0.381 e. The van der Waals surface area contributed by atoms with Crippen LogP contribution in [0.2, 0.25) is 0 Å². The molecule has 0 amide bonds. The average molecular weight is 465 g/mol. The second-order valence-electron chi connectivity index (χ2n) is 7.79. The molecule has 0 aliphatic rings. The number of aromatic nitrogens is 5. The molecule has 6 nitrogen and oxygen atoms in total. The Hall–Kier alpha value is -3.34. The molecule has 1 N–H and O–H groups in total. The van der Waals surface area contributed by atoms with E-state index in [1.807, 2.05) is 0 Å². The monoisotopic (exact) mass is 465 g/mol. The minimum atomic E-state index is -4.58. The lowest BCUT2D eigenvalue weighted by Gasteiger charge is -2.35. The topological polar surface area (TPSA) is 68.8 Å². The third-order valence-corrected chi connectivity index (χ3v) is 5.77. The lowest BCUT2D eigenvalue weighted by molar-refractivity contribution is -0.137. The molecule has 11 heteroatoms. The van der Waals surface area contributed by atoms with E-state index in [1.165, 1.54) is 35.0 Å². The second kappa shape index (κ2) is 8.22. The number of benzene rings is 2. The van der Waals surface area contributed by atoms with Crippen molar-refractivity contribution in [3.8, 4) is 0 Å². The number of rotatable bonds is 6. The maximum Gasteiger partial charge on any atom is 0.416 e. The van der Waals surface area contributed by atoms with Gasteiger partial charge < -0.3 is 5.11 Å². The molecule has 0 aliphatic heterocycles. The molecule has 2 atom stereocenters. The van der Waals surface area contributed by atoms with Crippen molar-refractivity contribution >= 4 is 10.9 Å².